The normalized spacial score (nSPS) is 19.5. The molecule has 2 aromatic rings. The highest BCUT2D eigenvalue weighted by atomic mass is 19.4. The van der Waals surface area contributed by atoms with Crippen LogP contribution in [0.2, 0.25) is 0 Å². The summed E-state index contributed by atoms with van der Waals surface area (Å²) in [4.78, 5) is 28.3. The van der Waals surface area contributed by atoms with Crippen molar-refractivity contribution >= 4 is 11.9 Å². The lowest BCUT2D eigenvalue weighted by Crippen LogP contribution is -2.46. The molecule has 4 rings (SSSR count). The van der Waals surface area contributed by atoms with E-state index in [4.69, 9.17) is 19.1 Å². The molecule has 0 radical (unpaired) electrons. The topological polar surface area (TPSA) is 110 Å². The fourth-order valence-corrected chi connectivity index (χ4v) is 3.71. The largest absolute Gasteiger partial charge is 0.490 e. The fourth-order valence-electron chi connectivity index (χ4n) is 3.71. The first-order chi connectivity index (χ1) is 15.2. The number of carbonyl (C=O) groups excluding carboxylic acids is 1. The predicted octanol–water partition coefficient (Wildman–Crippen LogP) is 2.21. The number of alkyl halides is 3. The van der Waals surface area contributed by atoms with Gasteiger partial charge in [-0.15, -0.1) is 0 Å². The summed E-state index contributed by atoms with van der Waals surface area (Å²) in [5, 5.41) is 10.1. The Morgan fingerprint density at radius 1 is 1.28 bits per heavy atom. The summed E-state index contributed by atoms with van der Waals surface area (Å²) < 4.78 is 44.5. The van der Waals surface area contributed by atoms with Gasteiger partial charge in [0.1, 0.15) is 11.8 Å². The standard InChI is InChI=1S/C18H24N4O3.C2HF3O2/c23-18(20-9-16-2-1-5-25-16)17-12-21(10-14-3-6-24-7-4-14)11-15-8-19-13-22(15)17;3-2(4,5)1(6)7/h1-2,5,8,13-14,17H,3-4,6-7,9-12H2,(H,20,23);(H,6,7). The quantitative estimate of drug-likeness (QED) is 0.707. The van der Waals surface area contributed by atoms with Crippen molar-refractivity contribution in [3.05, 3.63) is 42.4 Å². The Balaban J connectivity index is 0.000000360. The number of rotatable bonds is 5. The van der Waals surface area contributed by atoms with Crippen molar-refractivity contribution in [2.24, 2.45) is 5.92 Å². The van der Waals surface area contributed by atoms with E-state index < -0.39 is 12.1 Å². The maximum atomic E-state index is 12.7. The number of ether oxygens (including phenoxy) is 1. The number of nitrogens with zero attached hydrogens (tertiary/aromatic N) is 3. The number of aromatic nitrogens is 2. The van der Waals surface area contributed by atoms with Crippen LogP contribution in [0.5, 0.6) is 0 Å². The number of fused-ring (bicyclic) bond motifs is 1. The maximum absolute atomic E-state index is 12.7. The van der Waals surface area contributed by atoms with Gasteiger partial charge in [-0.2, -0.15) is 13.2 Å². The molecule has 1 fully saturated rings. The molecule has 1 amide bonds. The monoisotopic (exact) mass is 458 g/mol. The van der Waals surface area contributed by atoms with Crippen LogP contribution in [0.1, 0.15) is 30.3 Å². The van der Waals surface area contributed by atoms with Gasteiger partial charge in [-0.05, 0) is 30.9 Å². The second kappa shape index (κ2) is 10.6. The van der Waals surface area contributed by atoms with Crippen molar-refractivity contribution < 1.29 is 37.0 Å². The lowest BCUT2D eigenvalue weighted by atomic mass is 9.98. The van der Waals surface area contributed by atoms with Gasteiger partial charge in [-0.3, -0.25) is 9.69 Å². The van der Waals surface area contributed by atoms with Gasteiger partial charge in [0, 0.05) is 39.0 Å². The SMILES string of the molecule is O=C(NCc1ccco1)C1CN(CC2CCOCC2)Cc2cncn21.O=C(O)C(F)(F)F. The number of hydrogen-bond donors (Lipinski definition) is 2. The van der Waals surface area contributed by atoms with Crippen molar-refractivity contribution in [3.8, 4) is 0 Å². The smallest absolute Gasteiger partial charge is 0.475 e. The van der Waals surface area contributed by atoms with Crippen LogP contribution in [0, 0.1) is 5.92 Å². The van der Waals surface area contributed by atoms with E-state index in [1.807, 2.05) is 22.9 Å². The van der Waals surface area contributed by atoms with E-state index in [-0.39, 0.29) is 11.9 Å². The molecule has 1 unspecified atom stereocenters. The second-order valence-electron chi connectivity index (χ2n) is 7.66. The number of imidazole rings is 1. The molecule has 0 bridgehead atoms. The van der Waals surface area contributed by atoms with Gasteiger partial charge in [0.2, 0.25) is 5.91 Å². The zero-order valence-corrected chi connectivity index (χ0v) is 17.3. The summed E-state index contributed by atoms with van der Waals surface area (Å²) in [6, 6.07) is 3.44. The van der Waals surface area contributed by atoms with Crippen molar-refractivity contribution in [2.45, 2.75) is 38.1 Å². The molecule has 1 saturated heterocycles. The third kappa shape index (κ3) is 6.57. The minimum absolute atomic E-state index is 0.00678. The highest BCUT2D eigenvalue weighted by molar-refractivity contribution is 5.80. The highest BCUT2D eigenvalue weighted by Gasteiger charge is 2.38. The first-order valence-electron chi connectivity index (χ1n) is 10.1. The van der Waals surface area contributed by atoms with Gasteiger partial charge >= 0.3 is 12.1 Å². The highest BCUT2D eigenvalue weighted by Crippen LogP contribution is 2.24. The van der Waals surface area contributed by atoms with Crippen LogP contribution >= 0.6 is 0 Å². The number of nitrogens with one attached hydrogen (secondary N) is 1. The summed E-state index contributed by atoms with van der Waals surface area (Å²) in [5.41, 5.74) is 1.09. The first-order valence-corrected chi connectivity index (χ1v) is 10.1. The van der Waals surface area contributed by atoms with Crippen molar-refractivity contribution in [3.63, 3.8) is 0 Å². The Labute approximate surface area is 182 Å². The molecule has 9 nitrogen and oxygen atoms in total. The van der Waals surface area contributed by atoms with Gasteiger partial charge in [0.15, 0.2) is 0 Å². The molecule has 2 aromatic heterocycles. The molecule has 0 aromatic carbocycles. The summed E-state index contributed by atoms with van der Waals surface area (Å²) in [7, 11) is 0. The number of carbonyl (C=O) groups is 2. The summed E-state index contributed by atoms with van der Waals surface area (Å²) >= 11 is 0. The third-order valence-corrected chi connectivity index (χ3v) is 5.32. The van der Waals surface area contributed by atoms with Crippen LogP contribution in [0.25, 0.3) is 0 Å². The van der Waals surface area contributed by atoms with Crippen LogP contribution < -0.4 is 5.32 Å². The predicted molar refractivity (Wildman–Crippen MR) is 104 cm³/mol. The van der Waals surface area contributed by atoms with Crippen LogP contribution in [-0.4, -0.2) is 63.9 Å². The van der Waals surface area contributed by atoms with Gasteiger partial charge in [-0.25, -0.2) is 9.78 Å². The summed E-state index contributed by atoms with van der Waals surface area (Å²) in [5.74, 6) is -1.34. The van der Waals surface area contributed by atoms with Gasteiger partial charge in [0.05, 0.1) is 24.8 Å². The molecule has 1 atom stereocenters. The molecule has 12 heteroatoms. The minimum Gasteiger partial charge on any atom is -0.475 e. The van der Waals surface area contributed by atoms with Crippen molar-refractivity contribution in [1.29, 1.82) is 0 Å². The number of carboxylic acids is 1. The van der Waals surface area contributed by atoms with Crippen LogP contribution in [0.4, 0.5) is 13.2 Å². The number of carboxylic acid groups (broad SMARTS) is 1. The molecule has 0 saturated carbocycles. The minimum atomic E-state index is -5.08. The number of hydrogen-bond acceptors (Lipinski definition) is 6. The Kier molecular flexibility index (Phi) is 7.91. The van der Waals surface area contributed by atoms with Crippen LogP contribution in [-0.2, 0) is 27.4 Å². The molecule has 2 aliphatic rings. The number of furan rings is 1. The Hall–Kier alpha value is -2.86. The zero-order chi connectivity index (χ0) is 23.1. The molecular weight excluding hydrogens is 433 g/mol. The van der Waals surface area contributed by atoms with Gasteiger partial charge in [-0.1, -0.05) is 0 Å². The molecule has 0 spiro atoms. The molecule has 4 heterocycles. The molecule has 32 heavy (non-hydrogen) atoms. The number of amides is 1. The molecule has 176 valence electrons. The van der Waals surface area contributed by atoms with E-state index in [1.54, 1.807) is 12.6 Å². The van der Waals surface area contributed by atoms with E-state index in [0.29, 0.717) is 19.0 Å². The number of halogens is 3. The first kappa shape index (κ1) is 23.8. The third-order valence-electron chi connectivity index (χ3n) is 5.32. The van der Waals surface area contributed by atoms with Crippen LogP contribution in [0.15, 0.2) is 35.3 Å². The maximum Gasteiger partial charge on any atom is 0.490 e. The molecule has 2 N–H and O–H groups in total. The Bertz CT molecular complexity index is 878. The average Bonchev–Trinajstić information content (AvgIpc) is 3.44. The average molecular weight is 458 g/mol. The molecule has 0 aliphatic carbocycles. The van der Waals surface area contributed by atoms with E-state index in [2.05, 4.69) is 15.2 Å². The summed E-state index contributed by atoms with van der Waals surface area (Å²) in [6.45, 7) is 4.68. The second-order valence-corrected chi connectivity index (χ2v) is 7.66. The lowest BCUT2D eigenvalue weighted by molar-refractivity contribution is -0.192. The lowest BCUT2D eigenvalue weighted by Gasteiger charge is -2.36. The van der Waals surface area contributed by atoms with E-state index in [0.717, 1.165) is 50.6 Å². The van der Waals surface area contributed by atoms with Crippen LogP contribution in [0.3, 0.4) is 0 Å². The van der Waals surface area contributed by atoms with E-state index in [9.17, 15) is 18.0 Å². The van der Waals surface area contributed by atoms with Gasteiger partial charge < -0.3 is 24.1 Å². The molecular formula is C20H25F3N4O5. The van der Waals surface area contributed by atoms with E-state index >= 15 is 0 Å². The Morgan fingerprint density at radius 3 is 2.62 bits per heavy atom. The van der Waals surface area contributed by atoms with Crippen molar-refractivity contribution in [2.75, 3.05) is 26.3 Å². The summed E-state index contributed by atoms with van der Waals surface area (Å²) in [6.07, 6.45) is 2.36. The Morgan fingerprint density at radius 2 is 2.00 bits per heavy atom. The van der Waals surface area contributed by atoms with Gasteiger partial charge in [0.25, 0.3) is 0 Å². The number of aliphatic carboxylic acids is 1. The van der Waals surface area contributed by atoms with E-state index in [1.165, 1.54) is 0 Å². The molecule has 2 aliphatic heterocycles. The van der Waals surface area contributed by atoms with Crippen molar-refractivity contribution in [1.82, 2.24) is 19.8 Å². The fraction of sp³-hybridized carbons (Fsp3) is 0.550. The zero-order valence-electron chi connectivity index (χ0n) is 17.3.